The molecule has 2 aromatic rings. The molecule has 0 aromatic heterocycles. The van der Waals surface area contributed by atoms with Gasteiger partial charge in [0.2, 0.25) is 5.91 Å². The Labute approximate surface area is 135 Å². The summed E-state index contributed by atoms with van der Waals surface area (Å²) in [5.74, 6) is -0.0442. The molecule has 0 unspecified atom stereocenters. The lowest BCUT2D eigenvalue weighted by molar-refractivity contribution is -0.122. The number of benzene rings is 2. The van der Waals surface area contributed by atoms with Crippen LogP contribution in [0, 0.1) is 0 Å². The van der Waals surface area contributed by atoms with Gasteiger partial charge >= 0.3 is 0 Å². The van der Waals surface area contributed by atoms with Crippen molar-refractivity contribution in [2.75, 3.05) is 0 Å². The fraction of sp³-hybridized carbons (Fsp3) is 0.235. The fourth-order valence-corrected chi connectivity index (χ4v) is 2.88. The zero-order valence-electron chi connectivity index (χ0n) is 12.0. The summed E-state index contributed by atoms with van der Waals surface area (Å²) >= 11 is 12.1. The molecule has 1 amide bonds. The first-order valence-electron chi connectivity index (χ1n) is 6.69. The molecule has 2 aromatic carbocycles. The molecule has 0 bridgehead atoms. The molecule has 0 heterocycles. The van der Waals surface area contributed by atoms with Gasteiger partial charge in [-0.05, 0) is 37.1 Å². The molecule has 0 aliphatic heterocycles. The zero-order valence-corrected chi connectivity index (χ0v) is 13.5. The molecule has 0 saturated heterocycles. The van der Waals surface area contributed by atoms with Crippen LogP contribution in [-0.4, -0.2) is 5.91 Å². The van der Waals surface area contributed by atoms with Crippen LogP contribution in [0.2, 0.25) is 10.0 Å². The summed E-state index contributed by atoms with van der Waals surface area (Å²) in [5.41, 5.74) is 1.26. The van der Waals surface area contributed by atoms with Gasteiger partial charge in [-0.15, -0.1) is 0 Å². The van der Waals surface area contributed by atoms with Crippen LogP contribution in [0.3, 0.4) is 0 Å². The monoisotopic (exact) mass is 321 g/mol. The third-order valence-electron chi connectivity index (χ3n) is 3.26. The second-order valence-corrected chi connectivity index (χ2v) is 6.30. The molecule has 0 aliphatic carbocycles. The van der Waals surface area contributed by atoms with E-state index in [9.17, 15) is 4.79 Å². The van der Waals surface area contributed by atoms with Crippen molar-refractivity contribution in [1.82, 2.24) is 5.32 Å². The Bertz CT molecular complexity index is 638. The van der Waals surface area contributed by atoms with E-state index in [2.05, 4.69) is 5.32 Å². The van der Waals surface area contributed by atoms with Gasteiger partial charge in [-0.3, -0.25) is 4.79 Å². The molecule has 2 nitrogen and oxygen atoms in total. The number of carbonyl (C=O) groups excluding carboxylic acids is 1. The predicted molar refractivity (Wildman–Crippen MR) is 87.8 cm³/mol. The van der Waals surface area contributed by atoms with Crippen molar-refractivity contribution >= 4 is 29.1 Å². The first-order valence-corrected chi connectivity index (χ1v) is 7.44. The Morgan fingerprint density at radius 2 is 1.76 bits per heavy atom. The smallest absolute Gasteiger partial charge is 0.225 e. The highest BCUT2D eigenvalue weighted by Gasteiger charge is 2.25. The van der Waals surface area contributed by atoms with Crippen molar-refractivity contribution < 1.29 is 4.79 Å². The molecule has 0 aliphatic rings. The quantitative estimate of drug-likeness (QED) is 0.876. The lowest BCUT2D eigenvalue weighted by atomic mass is 9.93. The van der Waals surface area contributed by atoms with Crippen molar-refractivity contribution in [3.8, 4) is 0 Å². The van der Waals surface area contributed by atoms with Gasteiger partial charge in [0, 0.05) is 10.0 Å². The Kier molecular flexibility index (Phi) is 4.92. The summed E-state index contributed by atoms with van der Waals surface area (Å²) in [7, 11) is 0. The average Bonchev–Trinajstić information content (AvgIpc) is 2.38. The maximum Gasteiger partial charge on any atom is 0.225 e. The van der Waals surface area contributed by atoms with Crippen LogP contribution >= 0.6 is 23.2 Å². The Morgan fingerprint density at radius 1 is 1.10 bits per heavy atom. The first kappa shape index (κ1) is 15.9. The molecule has 0 saturated carbocycles. The van der Waals surface area contributed by atoms with E-state index in [1.807, 2.05) is 50.2 Å². The minimum absolute atomic E-state index is 0.0442. The minimum Gasteiger partial charge on any atom is -0.347 e. The SMILES string of the molecule is CC(C)(NC(=O)Cc1ccccc1)c1ccc(Cl)cc1Cl. The molecule has 2 rings (SSSR count). The topological polar surface area (TPSA) is 29.1 Å². The summed E-state index contributed by atoms with van der Waals surface area (Å²) in [4.78, 5) is 12.2. The Morgan fingerprint density at radius 3 is 2.38 bits per heavy atom. The van der Waals surface area contributed by atoms with Gasteiger partial charge < -0.3 is 5.32 Å². The maximum absolute atomic E-state index is 12.2. The van der Waals surface area contributed by atoms with E-state index in [0.29, 0.717) is 16.5 Å². The molecule has 0 atom stereocenters. The van der Waals surface area contributed by atoms with Crippen LogP contribution in [0.25, 0.3) is 0 Å². The number of halogens is 2. The van der Waals surface area contributed by atoms with Crippen LogP contribution in [-0.2, 0) is 16.8 Å². The molecule has 21 heavy (non-hydrogen) atoms. The van der Waals surface area contributed by atoms with Crippen molar-refractivity contribution in [3.63, 3.8) is 0 Å². The van der Waals surface area contributed by atoms with Gasteiger partial charge in [0.1, 0.15) is 0 Å². The van der Waals surface area contributed by atoms with Gasteiger partial charge in [0.05, 0.1) is 12.0 Å². The van der Waals surface area contributed by atoms with Crippen molar-refractivity contribution in [3.05, 3.63) is 69.7 Å². The van der Waals surface area contributed by atoms with Crippen molar-refractivity contribution in [2.45, 2.75) is 25.8 Å². The molecular weight excluding hydrogens is 305 g/mol. The second kappa shape index (κ2) is 6.50. The lowest BCUT2D eigenvalue weighted by Gasteiger charge is -2.28. The van der Waals surface area contributed by atoms with Crippen molar-refractivity contribution in [2.24, 2.45) is 0 Å². The standard InChI is InChI=1S/C17H17Cl2NO/c1-17(2,14-9-8-13(18)11-15(14)19)20-16(21)10-12-6-4-3-5-7-12/h3-9,11H,10H2,1-2H3,(H,20,21). The van der Waals surface area contributed by atoms with Gasteiger partial charge in [0.15, 0.2) is 0 Å². The van der Waals surface area contributed by atoms with E-state index in [1.165, 1.54) is 0 Å². The van der Waals surface area contributed by atoms with E-state index in [1.54, 1.807) is 12.1 Å². The number of rotatable bonds is 4. The van der Waals surface area contributed by atoms with Crippen LogP contribution in [0.1, 0.15) is 25.0 Å². The normalized spacial score (nSPS) is 11.2. The first-order chi connectivity index (χ1) is 9.88. The van der Waals surface area contributed by atoms with Crippen LogP contribution in [0.4, 0.5) is 0 Å². The summed E-state index contributed by atoms with van der Waals surface area (Å²) in [5, 5.41) is 4.14. The predicted octanol–water partition coefficient (Wildman–Crippen LogP) is 4.59. The number of amides is 1. The summed E-state index contributed by atoms with van der Waals surface area (Å²) in [6.45, 7) is 3.84. The van der Waals surface area contributed by atoms with E-state index in [-0.39, 0.29) is 5.91 Å². The summed E-state index contributed by atoms with van der Waals surface area (Å²) in [6, 6.07) is 14.9. The number of hydrogen-bond donors (Lipinski definition) is 1. The van der Waals surface area contributed by atoms with Crippen molar-refractivity contribution in [1.29, 1.82) is 0 Å². The van der Waals surface area contributed by atoms with E-state index >= 15 is 0 Å². The average molecular weight is 322 g/mol. The highest BCUT2D eigenvalue weighted by atomic mass is 35.5. The third-order valence-corrected chi connectivity index (χ3v) is 3.81. The highest BCUT2D eigenvalue weighted by Crippen LogP contribution is 2.30. The van der Waals surface area contributed by atoms with Gasteiger partial charge in [-0.25, -0.2) is 0 Å². The number of hydrogen-bond acceptors (Lipinski definition) is 1. The van der Waals surface area contributed by atoms with Gasteiger partial charge in [-0.2, -0.15) is 0 Å². The number of nitrogens with one attached hydrogen (secondary N) is 1. The summed E-state index contributed by atoms with van der Waals surface area (Å²) in [6.07, 6.45) is 0.343. The molecule has 0 radical (unpaired) electrons. The summed E-state index contributed by atoms with van der Waals surface area (Å²) < 4.78 is 0. The van der Waals surface area contributed by atoms with Crippen LogP contribution in [0.5, 0.6) is 0 Å². The largest absolute Gasteiger partial charge is 0.347 e. The second-order valence-electron chi connectivity index (χ2n) is 5.46. The van der Waals surface area contributed by atoms with E-state index in [4.69, 9.17) is 23.2 Å². The fourth-order valence-electron chi connectivity index (χ4n) is 2.24. The lowest BCUT2D eigenvalue weighted by Crippen LogP contribution is -2.42. The van der Waals surface area contributed by atoms with E-state index in [0.717, 1.165) is 11.1 Å². The molecule has 1 N–H and O–H groups in total. The molecule has 4 heteroatoms. The van der Waals surface area contributed by atoms with Gasteiger partial charge in [-0.1, -0.05) is 59.6 Å². The van der Waals surface area contributed by atoms with Gasteiger partial charge in [0.25, 0.3) is 0 Å². The molecule has 0 fully saturated rings. The Hall–Kier alpha value is -1.51. The molecular formula is C17H17Cl2NO. The molecule has 110 valence electrons. The zero-order chi connectivity index (χ0) is 15.5. The van der Waals surface area contributed by atoms with Crippen LogP contribution in [0.15, 0.2) is 48.5 Å². The number of carbonyl (C=O) groups is 1. The Balaban J connectivity index is 2.11. The third kappa shape index (κ3) is 4.23. The van der Waals surface area contributed by atoms with Crippen LogP contribution < -0.4 is 5.32 Å². The van der Waals surface area contributed by atoms with E-state index < -0.39 is 5.54 Å². The highest BCUT2D eigenvalue weighted by molar-refractivity contribution is 6.35. The molecule has 0 spiro atoms. The maximum atomic E-state index is 12.2. The minimum atomic E-state index is -0.562.